The van der Waals surface area contributed by atoms with Gasteiger partial charge < -0.3 is 15.0 Å². The summed E-state index contributed by atoms with van der Waals surface area (Å²) in [5.74, 6) is 1.74. The standard InChI is InChI=1S/C17H34N2O/c1-3-10-18-17-6-4-5-16(17)9-13-19-11-7-15(8-12-19)14-20-2/h15-18H,3-14H2,1-2H3. The summed E-state index contributed by atoms with van der Waals surface area (Å²) in [6.45, 7) is 8.31. The minimum atomic E-state index is 0.806. The fourth-order valence-electron chi connectivity index (χ4n) is 3.94. The number of likely N-dealkylation sites (tertiary alicyclic amines) is 1. The molecular weight excluding hydrogens is 248 g/mol. The number of methoxy groups -OCH3 is 1. The second-order valence-electron chi connectivity index (χ2n) is 6.78. The van der Waals surface area contributed by atoms with Crippen molar-refractivity contribution < 1.29 is 4.74 Å². The molecule has 2 aliphatic rings. The highest BCUT2D eigenvalue weighted by Gasteiger charge is 2.27. The molecule has 0 amide bonds. The molecule has 0 bridgehead atoms. The highest BCUT2D eigenvalue weighted by Crippen LogP contribution is 2.29. The Morgan fingerprint density at radius 1 is 1.15 bits per heavy atom. The average Bonchev–Trinajstić information content (AvgIpc) is 2.92. The Balaban J connectivity index is 1.62. The molecule has 0 aromatic rings. The van der Waals surface area contributed by atoms with Crippen LogP contribution in [0.4, 0.5) is 0 Å². The van der Waals surface area contributed by atoms with E-state index in [-0.39, 0.29) is 0 Å². The van der Waals surface area contributed by atoms with Gasteiger partial charge in [-0.2, -0.15) is 0 Å². The zero-order chi connectivity index (χ0) is 14.2. The molecule has 20 heavy (non-hydrogen) atoms. The molecule has 2 unspecified atom stereocenters. The molecule has 3 heteroatoms. The Morgan fingerprint density at radius 3 is 2.65 bits per heavy atom. The Morgan fingerprint density at radius 2 is 1.95 bits per heavy atom. The third-order valence-electron chi connectivity index (χ3n) is 5.24. The van der Waals surface area contributed by atoms with E-state index in [1.54, 1.807) is 0 Å². The lowest BCUT2D eigenvalue weighted by Gasteiger charge is -2.33. The van der Waals surface area contributed by atoms with Crippen molar-refractivity contribution in [1.82, 2.24) is 10.2 Å². The third kappa shape index (κ3) is 5.01. The van der Waals surface area contributed by atoms with E-state index in [0.29, 0.717) is 0 Å². The Bertz CT molecular complexity index is 251. The van der Waals surface area contributed by atoms with Crippen LogP contribution in [0, 0.1) is 11.8 Å². The lowest BCUT2D eigenvalue weighted by molar-refractivity contribution is 0.0964. The van der Waals surface area contributed by atoms with E-state index in [9.17, 15) is 0 Å². The molecule has 1 heterocycles. The molecule has 1 N–H and O–H groups in total. The van der Waals surface area contributed by atoms with Crippen LogP contribution in [-0.4, -0.2) is 50.8 Å². The molecule has 0 radical (unpaired) electrons. The van der Waals surface area contributed by atoms with E-state index >= 15 is 0 Å². The molecule has 2 atom stereocenters. The zero-order valence-corrected chi connectivity index (χ0v) is 13.6. The topological polar surface area (TPSA) is 24.5 Å². The first-order valence-corrected chi connectivity index (χ1v) is 8.78. The van der Waals surface area contributed by atoms with E-state index in [1.165, 1.54) is 71.1 Å². The molecule has 1 aliphatic carbocycles. The van der Waals surface area contributed by atoms with Crippen LogP contribution in [0.3, 0.4) is 0 Å². The van der Waals surface area contributed by atoms with E-state index in [2.05, 4.69) is 17.1 Å². The smallest absolute Gasteiger partial charge is 0.0491 e. The van der Waals surface area contributed by atoms with Gasteiger partial charge in [0.15, 0.2) is 0 Å². The van der Waals surface area contributed by atoms with Crippen LogP contribution in [0.15, 0.2) is 0 Å². The lowest BCUT2D eigenvalue weighted by atomic mass is 9.95. The molecule has 0 aromatic carbocycles. The monoisotopic (exact) mass is 282 g/mol. The summed E-state index contributed by atoms with van der Waals surface area (Å²) in [5.41, 5.74) is 0. The molecule has 0 spiro atoms. The molecule has 3 nitrogen and oxygen atoms in total. The van der Waals surface area contributed by atoms with Crippen LogP contribution in [-0.2, 0) is 4.74 Å². The van der Waals surface area contributed by atoms with Crippen molar-refractivity contribution in [3.05, 3.63) is 0 Å². The van der Waals surface area contributed by atoms with E-state index in [4.69, 9.17) is 4.74 Å². The number of nitrogens with zero attached hydrogens (tertiary/aromatic N) is 1. The zero-order valence-electron chi connectivity index (χ0n) is 13.6. The van der Waals surface area contributed by atoms with E-state index in [0.717, 1.165) is 24.5 Å². The maximum absolute atomic E-state index is 5.28. The number of ether oxygens (including phenoxy) is 1. The van der Waals surface area contributed by atoms with Gasteiger partial charge in [-0.25, -0.2) is 0 Å². The summed E-state index contributed by atoms with van der Waals surface area (Å²) in [6, 6.07) is 0.806. The van der Waals surface area contributed by atoms with Gasteiger partial charge in [0.25, 0.3) is 0 Å². The first-order valence-electron chi connectivity index (χ1n) is 8.78. The van der Waals surface area contributed by atoms with Gasteiger partial charge in [-0.3, -0.25) is 0 Å². The van der Waals surface area contributed by atoms with Gasteiger partial charge in [0, 0.05) is 19.8 Å². The maximum Gasteiger partial charge on any atom is 0.0491 e. The summed E-state index contributed by atoms with van der Waals surface area (Å²) >= 11 is 0. The van der Waals surface area contributed by atoms with Crippen LogP contribution in [0.25, 0.3) is 0 Å². The summed E-state index contributed by atoms with van der Waals surface area (Å²) in [5, 5.41) is 3.76. The highest BCUT2D eigenvalue weighted by atomic mass is 16.5. The average molecular weight is 282 g/mol. The summed E-state index contributed by atoms with van der Waals surface area (Å²) in [7, 11) is 1.83. The van der Waals surface area contributed by atoms with Gasteiger partial charge in [0.2, 0.25) is 0 Å². The van der Waals surface area contributed by atoms with Gasteiger partial charge in [-0.15, -0.1) is 0 Å². The van der Waals surface area contributed by atoms with Gasteiger partial charge in [0.05, 0.1) is 0 Å². The summed E-state index contributed by atoms with van der Waals surface area (Å²) < 4.78 is 5.28. The molecule has 118 valence electrons. The maximum atomic E-state index is 5.28. The Kier molecular flexibility index (Phi) is 7.32. The summed E-state index contributed by atoms with van der Waals surface area (Å²) in [4.78, 5) is 2.68. The number of piperidine rings is 1. The predicted molar refractivity (Wildman–Crippen MR) is 85.1 cm³/mol. The molecule has 1 aliphatic heterocycles. The molecule has 2 fully saturated rings. The first kappa shape index (κ1) is 16.3. The van der Waals surface area contributed by atoms with Crippen molar-refractivity contribution in [1.29, 1.82) is 0 Å². The number of nitrogens with one attached hydrogen (secondary N) is 1. The second kappa shape index (κ2) is 9.01. The SMILES string of the molecule is CCCNC1CCCC1CCN1CCC(COC)CC1. The van der Waals surface area contributed by atoms with Gasteiger partial charge in [0.1, 0.15) is 0 Å². The number of hydrogen-bond donors (Lipinski definition) is 1. The minimum absolute atomic E-state index is 0.806. The minimum Gasteiger partial charge on any atom is -0.384 e. The first-order chi connectivity index (χ1) is 9.83. The van der Waals surface area contributed by atoms with Crippen LogP contribution in [0.2, 0.25) is 0 Å². The van der Waals surface area contributed by atoms with Gasteiger partial charge in [-0.1, -0.05) is 13.3 Å². The molecule has 2 rings (SSSR count). The number of hydrogen-bond acceptors (Lipinski definition) is 3. The quantitative estimate of drug-likeness (QED) is 0.741. The van der Waals surface area contributed by atoms with Crippen molar-refractivity contribution in [2.24, 2.45) is 11.8 Å². The molecule has 0 aromatic heterocycles. The third-order valence-corrected chi connectivity index (χ3v) is 5.24. The van der Waals surface area contributed by atoms with Crippen molar-refractivity contribution in [2.45, 2.75) is 57.9 Å². The van der Waals surface area contributed by atoms with Gasteiger partial charge >= 0.3 is 0 Å². The summed E-state index contributed by atoms with van der Waals surface area (Å²) in [6.07, 6.45) is 9.60. The van der Waals surface area contributed by atoms with Crippen LogP contribution < -0.4 is 5.32 Å². The fraction of sp³-hybridized carbons (Fsp3) is 1.00. The predicted octanol–water partition coefficient (Wildman–Crippen LogP) is 2.90. The number of rotatable bonds is 8. The molecule has 1 saturated heterocycles. The van der Waals surface area contributed by atoms with E-state index < -0.39 is 0 Å². The van der Waals surface area contributed by atoms with Crippen molar-refractivity contribution >= 4 is 0 Å². The van der Waals surface area contributed by atoms with Crippen molar-refractivity contribution in [2.75, 3.05) is 39.9 Å². The normalized spacial score (nSPS) is 29.1. The Hall–Kier alpha value is -0.120. The largest absolute Gasteiger partial charge is 0.384 e. The molecule has 1 saturated carbocycles. The van der Waals surface area contributed by atoms with Crippen molar-refractivity contribution in [3.8, 4) is 0 Å². The lowest BCUT2D eigenvalue weighted by Crippen LogP contribution is -2.38. The van der Waals surface area contributed by atoms with Gasteiger partial charge in [-0.05, 0) is 76.5 Å². The van der Waals surface area contributed by atoms with Crippen molar-refractivity contribution in [3.63, 3.8) is 0 Å². The fourth-order valence-corrected chi connectivity index (χ4v) is 3.94. The molecular formula is C17H34N2O. The Labute approximate surface area is 125 Å². The highest BCUT2D eigenvalue weighted by molar-refractivity contribution is 4.84. The van der Waals surface area contributed by atoms with Crippen LogP contribution in [0.1, 0.15) is 51.9 Å². The van der Waals surface area contributed by atoms with Crippen LogP contribution >= 0.6 is 0 Å². The van der Waals surface area contributed by atoms with E-state index in [1.807, 2.05) is 7.11 Å². The second-order valence-corrected chi connectivity index (χ2v) is 6.78. The van der Waals surface area contributed by atoms with Crippen LogP contribution in [0.5, 0.6) is 0 Å².